The smallest absolute Gasteiger partial charge is 0.221 e. The van der Waals surface area contributed by atoms with Crippen molar-refractivity contribution in [1.29, 1.82) is 0 Å². The Kier molecular flexibility index (Phi) is 6.55. The Balaban J connectivity index is 1.83. The van der Waals surface area contributed by atoms with Gasteiger partial charge in [0.15, 0.2) is 0 Å². The van der Waals surface area contributed by atoms with Gasteiger partial charge >= 0.3 is 0 Å². The van der Waals surface area contributed by atoms with Crippen molar-refractivity contribution in [2.24, 2.45) is 0 Å². The van der Waals surface area contributed by atoms with Crippen LogP contribution >= 0.6 is 0 Å². The molecule has 1 atom stereocenters. The summed E-state index contributed by atoms with van der Waals surface area (Å²) < 4.78 is 27.6. The van der Waals surface area contributed by atoms with Gasteiger partial charge in [0.1, 0.15) is 0 Å². The summed E-state index contributed by atoms with van der Waals surface area (Å²) in [5.41, 5.74) is 4.88. The maximum atomic E-state index is 12.4. The Morgan fingerprint density at radius 1 is 1.03 bits per heavy atom. The van der Waals surface area contributed by atoms with Gasteiger partial charge in [0.2, 0.25) is 15.9 Å². The van der Waals surface area contributed by atoms with Crippen molar-refractivity contribution < 1.29 is 13.2 Å². The molecule has 5 nitrogen and oxygen atoms in total. The minimum absolute atomic E-state index is 0.100. The van der Waals surface area contributed by atoms with Crippen molar-refractivity contribution in [3.05, 3.63) is 60.2 Å². The molecule has 0 radical (unpaired) electrons. The summed E-state index contributed by atoms with van der Waals surface area (Å²) in [6, 6.07) is 15.7. The molecule has 0 fully saturated rings. The second kappa shape index (κ2) is 8.93. The van der Waals surface area contributed by atoms with Gasteiger partial charge in [-0.2, -0.15) is 0 Å². The van der Waals surface area contributed by atoms with Crippen LogP contribution in [-0.2, 0) is 14.8 Å². The third kappa shape index (κ3) is 5.34. The third-order valence-corrected chi connectivity index (χ3v) is 6.95. The lowest BCUT2D eigenvalue weighted by atomic mass is 9.89. The van der Waals surface area contributed by atoms with E-state index in [4.69, 9.17) is 0 Å². The van der Waals surface area contributed by atoms with Gasteiger partial charge in [-0.15, -0.1) is 0 Å². The minimum atomic E-state index is -3.33. The van der Waals surface area contributed by atoms with E-state index in [1.54, 1.807) is 13.8 Å². The van der Waals surface area contributed by atoms with E-state index in [0.29, 0.717) is 0 Å². The van der Waals surface area contributed by atoms with Crippen LogP contribution in [0.3, 0.4) is 0 Å². The number of allylic oxidation sites excluding steroid dienone is 1. The zero-order chi connectivity index (χ0) is 21.0. The Morgan fingerprint density at radius 3 is 2.38 bits per heavy atom. The highest BCUT2D eigenvalue weighted by Gasteiger charge is 2.26. The van der Waals surface area contributed by atoms with Crippen LogP contribution < -0.4 is 10.0 Å². The number of anilines is 1. The molecule has 0 aromatic heterocycles. The number of benzene rings is 2. The average molecular weight is 413 g/mol. The van der Waals surface area contributed by atoms with Crippen LogP contribution in [0.1, 0.15) is 45.6 Å². The molecule has 29 heavy (non-hydrogen) atoms. The van der Waals surface area contributed by atoms with Crippen molar-refractivity contribution >= 4 is 27.2 Å². The molecular formula is C23H28N2O3S. The molecule has 1 amide bonds. The Morgan fingerprint density at radius 2 is 1.72 bits per heavy atom. The van der Waals surface area contributed by atoms with Gasteiger partial charge in [0.05, 0.1) is 5.25 Å². The van der Waals surface area contributed by atoms with Gasteiger partial charge in [-0.1, -0.05) is 42.5 Å². The molecule has 3 rings (SSSR count). The summed E-state index contributed by atoms with van der Waals surface area (Å²) in [5.74, 6) is -0.100. The predicted molar refractivity (Wildman–Crippen MR) is 119 cm³/mol. The van der Waals surface area contributed by atoms with E-state index in [-0.39, 0.29) is 11.9 Å². The van der Waals surface area contributed by atoms with Gasteiger partial charge in [-0.3, -0.25) is 4.79 Å². The van der Waals surface area contributed by atoms with Crippen LogP contribution in [0.25, 0.3) is 16.7 Å². The second-order valence-electron chi connectivity index (χ2n) is 7.69. The Labute approximate surface area is 173 Å². The van der Waals surface area contributed by atoms with E-state index >= 15 is 0 Å². The van der Waals surface area contributed by atoms with Gasteiger partial charge in [-0.25, -0.2) is 13.1 Å². The van der Waals surface area contributed by atoms with Crippen LogP contribution in [-0.4, -0.2) is 25.6 Å². The number of nitrogens with one attached hydrogen (secondary N) is 2. The zero-order valence-electron chi connectivity index (χ0n) is 17.1. The molecule has 1 unspecified atom stereocenters. The predicted octanol–water partition coefficient (Wildman–Crippen LogP) is 4.58. The fraction of sp³-hybridized carbons (Fsp3) is 0.348. The van der Waals surface area contributed by atoms with Crippen LogP contribution in [0, 0.1) is 0 Å². The number of rotatable bonds is 6. The highest BCUT2D eigenvalue weighted by molar-refractivity contribution is 7.90. The number of hydrogen-bond donors (Lipinski definition) is 2. The molecule has 0 bridgehead atoms. The van der Waals surface area contributed by atoms with Crippen molar-refractivity contribution in [1.82, 2.24) is 4.72 Å². The standard InChI is InChI=1S/C23H28N2O3S/c1-16(2)29(27,28)25-23-10-5-4-9-22(23)19-13-11-18(12-14-19)20-7-6-8-21(15-20)24-17(3)26/h6-9,11-16,23,25H,4-5,10H2,1-3H3,(H,24,26). The topological polar surface area (TPSA) is 75.3 Å². The number of carbonyl (C=O) groups excluding carboxylic acids is 1. The van der Waals surface area contributed by atoms with Crippen molar-refractivity contribution in [2.45, 2.75) is 51.3 Å². The lowest BCUT2D eigenvalue weighted by Gasteiger charge is -2.26. The molecule has 2 N–H and O–H groups in total. The number of amides is 1. The van der Waals surface area contributed by atoms with Crippen molar-refractivity contribution in [3.8, 4) is 11.1 Å². The molecular weight excluding hydrogens is 384 g/mol. The van der Waals surface area contributed by atoms with E-state index in [0.717, 1.165) is 47.2 Å². The first-order valence-corrected chi connectivity index (χ1v) is 11.5. The van der Waals surface area contributed by atoms with Gasteiger partial charge in [0.25, 0.3) is 0 Å². The highest BCUT2D eigenvalue weighted by Crippen LogP contribution is 2.30. The van der Waals surface area contributed by atoms with E-state index < -0.39 is 15.3 Å². The normalized spacial score (nSPS) is 17.1. The highest BCUT2D eigenvalue weighted by atomic mass is 32.2. The van der Waals surface area contributed by atoms with Gasteiger partial charge in [0, 0.05) is 18.7 Å². The summed E-state index contributed by atoms with van der Waals surface area (Å²) in [4.78, 5) is 11.3. The van der Waals surface area contributed by atoms with E-state index in [9.17, 15) is 13.2 Å². The lowest BCUT2D eigenvalue weighted by molar-refractivity contribution is -0.114. The summed E-state index contributed by atoms with van der Waals surface area (Å²) in [6.45, 7) is 4.88. The third-order valence-electron chi connectivity index (χ3n) is 5.10. The number of sulfonamides is 1. The maximum absolute atomic E-state index is 12.4. The Hall–Kier alpha value is -2.44. The Bertz CT molecular complexity index is 1010. The van der Waals surface area contributed by atoms with Crippen LogP contribution in [0.15, 0.2) is 54.6 Å². The first-order chi connectivity index (χ1) is 13.8. The molecule has 0 aliphatic heterocycles. The summed E-state index contributed by atoms with van der Waals surface area (Å²) in [7, 11) is -3.33. The second-order valence-corrected chi connectivity index (χ2v) is 9.96. The molecule has 154 valence electrons. The molecule has 0 saturated carbocycles. The minimum Gasteiger partial charge on any atom is -0.326 e. The monoisotopic (exact) mass is 412 g/mol. The first-order valence-electron chi connectivity index (χ1n) is 9.96. The summed E-state index contributed by atoms with van der Waals surface area (Å²) in [6.07, 6.45) is 4.88. The molecule has 1 aliphatic rings. The average Bonchev–Trinajstić information content (AvgIpc) is 2.68. The lowest BCUT2D eigenvalue weighted by Crippen LogP contribution is -2.40. The molecule has 0 saturated heterocycles. The van der Waals surface area contributed by atoms with E-state index in [1.165, 1.54) is 6.92 Å². The van der Waals surface area contributed by atoms with Crippen LogP contribution in [0.5, 0.6) is 0 Å². The largest absolute Gasteiger partial charge is 0.326 e. The molecule has 6 heteroatoms. The van der Waals surface area contributed by atoms with Crippen molar-refractivity contribution in [2.75, 3.05) is 5.32 Å². The first kappa shape index (κ1) is 21.3. The quantitative estimate of drug-likeness (QED) is 0.729. The molecule has 0 spiro atoms. The van der Waals surface area contributed by atoms with Crippen LogP contribution in [0.2, 0.25) is 0 Å². The van der Waals surface area contributed by atoms with Crippen molar-refractivity contribution in [3.63, 3.8) is 0 Å². The van der Waals surface area contributed by atoms with Crippen LogP contribution in [0.4, 0.5) is 5.69 Å². The molecule has 2 aromatic rings. The fourth-order valence-electron chi connectivity index (χ4n) is 3.49. The van der Waals surface area contributed by atoms with Gasteiger partial charge in [-0.05, 0) is 67.5 Å². The number of hydrogen-bond acceptors (Lipinski definition) is 3. The van der Waals surface area contributed by atoms with E-state index in [1.807, 2.05) is 48.5 Å². The summed E-state index contributed by atoms with van der Waals surface area (Å²) >= 11 is 0. The van der Waals surface area contributed by atoms with Gasteiger partial charge < -0.3 is 5.32 Å². The SMILES string of the molecule is CC(=O)Nc1cccc(-c2ccc(C3=CCCCC3NS(=O)(=O)C(C)C)cc2)c1. The van der Waals surface area contributed by atoms with E-state index in [2.05, 4.69) is 16.1 Å². The molecule has 1 aliphatic carbocycles. The fourth-order valence-corrected chi connectivity index (χ4v) is 4.40. The summed E-state index contributed by atoms with van der Waals surface area (Å²) in [5, 5.41) is 2.35. The maximum Gasteiger partial charge on any atom is 0.221 e. The molecule has 0 heterocycles. The molecule has 2 aromatic carbocycles. The number of carbonyl (C=O) groups is 1. The zero-order valence-corrected chi connectivity index (χ0v) is 17.9.